The molecular weight excluding hydrogens is 506 g/mol. The molecule has 1 aliphatic carbocycles. The van der Waals surface area contributed by atoms with Gasteiger partial charge in [0.25, 0.3) is 0 Å². The number of esters is 1. The van der Waals surface area contributed by atoms with Gasteiger partial charge in [-0.1, -0.05) is 54.6 Å². The molecule has 1 fully saturated rings. The van der Waals surface area contributed by atoms with Gasteiger partial charge in [0.15, 0.2) is 4.75 Å². The lowest BCUT2D eigenvalue weighted by atomic mass is 9.84. The van der Waals surface area contributed by atoms with Gasteiger partial charge in [0.05, 0.1) is 7.11 Å². The van der Waals surface area contributed by atoms with E-state index in [0.29, 0.717) is 30.0 Å². The third-order valence-electron chi connectivity index (χ3n) is 6.66. The maximum Gasteiger partial charge on any atom is 0.328 e. The zero-order chi connectivity index (χ0) is 27.2. The fourth-order valence-corrected chi connectivity index (χ4v) is 6.20. The smallest absolute Gasteiger partial charge is 0.328 e. The van der Waals surface area contributed by atoms with E-state index >= 15 is 0 Å². The van der Waals surface area contributed by atoms with Crippen molar-refractivity contribution < 1.29 is 27.5 Å². The molecule has 4 N–H and O–H groups in total. The van der Waals surface area contributed by atoms with Gasteiger partial charge in [0.2, 0.25) is 15.9 Å². The monoisotopic (exact) mass is 537 g/mol. The highest BCUT2D eigenvalue weighted by Gasteiger charge is 2.57. The van der Waals surface area contributed by atoms with Gasteiger partial charge in [-0.25, -0.2) is 8.42 Å². The standard InChI is InChI=1S/C28H31N3O6S/c1-36-27(33)28(15-6-16-28)38(34,35)31-25(26(32)30-23-10-5-9-21(17-23)18-29)22-11-13-24(14-12-22)37-19-20-7-3-2-4-8-20/h2-5,7-14,17,25,31H,6,15-16,18-19,29H2,1H3,(H,30,32)/t25-/m0/s1. The highest BCUT2D eigenvalue weighted by atomic mass is 32.2. The van der Waals surface area contributed by atoms with Crippen molar-refractivity contribution in [3.8, 4) is 5.75 Å². The van der Waals surface area contributed by atoms with Gasteiger partial charge in [0, 0.05) is 12.2 Å². The Morgan fingerprint density at radius 1 is 0.974 bits per heavy atom. The molecule has 0 heterocycles. The van der Waals surface area contributed by atoms with Crippen LogP contribution in [0.5, 0.6) is 5.75 Å². The van der Waals surface area contributed by atoms with Crippen LogP contribution in [0.15, 0.2) is 78.9 Å². The van der Waals surface area contributed by atoms with Crippen LogP contribution in [0.3, 0.4) is 0 Å². The first kappa shape index (κ1) is 27.3. The number of benzene rings is 3. The molecule has 1 amide bonds. The summed E-state index contributed by atoms with van der Waals surface area (Å²) in [4.78, 5) is 25.9. The number of nitrogens with two attached hydrogens (primary N) is 1. The molecule has 4 rings (SSSR count). The Balaban J connectivity index is 1.59. The second-order valence-corrected chi connectivity index (χ2v) is 11.2. The van der Waals surface area contributed by atoms with Crippen molar-refractivity contribution in [1.82, 2.24) is 4.72 Å². The zero-order valence-corrected chi connectivity index (χ0v) is 21.9. The molecule has 0 radical (unpaired) electrons. The van der Waals surface area contributed by atoms with Gasteiger partial charge in [-0.05, 0) is 60.2 Å². The van der Waals surface area contributed by atoms with E-state index in [4.69, 9.17) is 15.2 Å². The van der Waals surface area contributed by atoms with Crippen LogP contribution in [0.4, 0.5) is 5.69 Å². The molecule has 38 heavy (non-hydrogen) atoms. The second-order valence-electron chi connectivity index (χ2n) is 9.13. The van der Waals surface area contributed by atoms with Crippen molar-refractivity contribution in [2.24, 2.45) is 5.73 Å². The van der Waals surface area contributed by atoms with Crippen LogP contribution in [0.1, 0.15) is 42.0 Å². The Bertz CT molecular complexity index is 1370. The quantitative estimate of drug-likeness (QED) is 0.319. The van der Waals surface area contributed by atoms with Crippen molar-refractivity contribution >= 4 is 27.6 Å². The van der Waals surface area contributed by atoms with Gasteiger partial charge >= 0.3 is 5.97 Å². The minimum atomic E-state index is -4.29. The van der Waals surface area contributed by atoms with Crippen molar-refractivity contribution in [2.45, 2.75) is 43.2 Å². The number of sulfonamides is 1. The minimum absolute atomic E-state index is 0.119. The average molecular weight is 538 g/mol. The maximum atomic E-state index is 13.5. The van der Waals surface area contributed by atoms with Crippen LogP contribution >= 0.6 is 0 Å². The van der Waals surface area contributed by atoms with Crippen molar-refractivity contribution in [3.63, 3.8) is 0 Å². The molecule has 0 aliphatic heterocycles. The summed E-state index contributed by atoms with van der Waals surface area (Å²) in [5, 5.41) is 2.76. The Morgan fingerprint density at radius 3 is 2.26 bits per heavy atom. The molecule has 9 nitrogen and oxygen atoms in total. The lowest BCUT2D eigenvalue weighted by molar-refractivity contribution is -0.146. The van der Waals surface area contributed by atoms with E-state index in [1.54, 1.807) is 42.5 Å². The van der Waals surface area contributed by atoms with Gasteiger partial charge in [-0.15, -0.1) is 0 Å². The minimum Gasteiger partial charge on any atom is -0.489 e. The Hall–Kier alpha value is -3.73. The predicted molar refractivity (Wildman–Crippen MR) is 144 cm³/mol. The van der Waals surface area contributed by atoms with Crippen LogP contribution in [0.25, 0.3) is 0 Å². The Labute approximate surface area is 222 Å². The molecule has 0 unspecified atom stereocenters. The number of hydrogen-bond donors (Lipinski definition) is 3. The summed E-state index contributed by atoms with van der Waals surface area (Å²) >= 11 is 0. The predicted octanol–water partition coefficient (Wildman–Crippen LogP) is 3.42. The number of rotatable bonds is 11. The number of nitrogens with one attached hydrogen (secondary N) is 2. The Morgan fingerprint density at radius 2 is 1.66 bits per heavy atom. The summed E-state index contributed by atoms with van der Waals surface area (Å²) in [7, 11) is -3.13. The second kappa shape index (κ2) is 11.8. The fourth-order valence-electron chi connectivity index (χ4n) is 4.30. The molecule has 1 atom stereocenters. The number of carbonyl (C=O) groups excluding carboxylic acids is 2. The molecule has 0 aromatic heterocycles. The fraction of sp³-hybridized carbons (Fsp3) is 0.286. The van der Waals surface area contributed by atoms with E-state index in [2.05, 4.69) is 10.0 Å². The molecule has 3 aromatic rings. The highest BCUT2D eigenvalue weighted by molar-refractivity contribution is 7.91. The number of hydrogen-bond acceptors (Lipinski definition) is 7. The van der Waals surface area contributed by atoms with Crippen molar-refractivity contribution in [3.05, 3.63) is 95.6 Å². The summed E-state index contributed by atoms with van der Waals surface area (Å²) in [6.45, 7) is 0.641. The van der Waals surface area contributed by atoms with E-state index < -0.39 is 32.7 Å². The Kier molecular flexibility index (Phi) is 8.45. The molecule has 3 aromatic carbocycles. The molecule has 1 saturated carbocycles. The van der Waals surface area contributed by atoms with Gasteiger partial charge in [-0.2, -0.15) is 4.72 Å². The molecule has 200 valence electrons. The van der Waals surface area contributed by atoms with Crippen LogP contribution in [0.2, 0.25) is 0 Å². The number of methoxy groups -OCH3 is 1. The van der Waals surface area contributed by atoms with Gasteiger partial charge < -0.3 is 20.5 Å². The number of anilines is 1. The molecule has 1 aliphatic rings. The van der Waals surface area contributed by atoms with Crippen LogP contribution in [-0.4, -0.2) is 32.2 Å². The lowest BCUT2D eigenvalue weighted by Gasteiger charge is -2.38. The largest absolute Gasteiger partial charge is 0.489 e. The maximum absolute atomic E-state index is 13.5. The molecule has 0 saturated heterocycles. The normalized spacial score (nSPS) is 15.1. The third-order valence-corrected chi connectivity index (χ3v) is 8.81. The number of amides is 1. The van der Waals surface area contributed by atoms with Crippen LogP contribution in [0, 0.1) is 0 Å². The van der Waals surface area contributed by atoms with Crippen LogP contribution < -0.4 is 20.5 Å². The third kappa shape index (κ3) is 5.88. The van der Waals surface area contributed by atoms with E-state index in [0.717, 1.165) is 18.2 Å². The SMILES string of the molecule is COC(=O)C1(S(=O)(=O)N[C@H](C(=O)Nc2cccc(CN)c2)c2ccc(OCc3ccccc3)cc2)CCC1. The highest BCUT2D eigenvalue weighted by Crippen LogP contribution is 2.41. The molecule has 0 spiro atoms. The molecule has 10 heteroatoms. The summed E-state index contributed by atoms with van der Waals surface area (Å²) in [5.74, 6) is -0.893. The van der Waals surface area contributed by atoms with E-state index in [1.165, 1.54) is 0 Å². The van der Waals surface area contributed by atoms with Gasteiger partial charge in [-0.3, -0.25) is 9.59 Å². The van der Waals surface area contributed by atoms with Crippen LogP contribution in [-0.2, 0) is 37.5 Å². The molecular formula is C28H31N3O6S. The van der Waals surface area contributed by atoms with E-state index in [1.807, 2.05) is 36.4 Å². The topological polar surface area (TPSA) is 137 Å². The summed E-state index contributed by atoms with van der Waals surface area (Å²) in [6, 6.07) is 21.9. The van der Waals surface area contributed by atoms with Gasteiger partial charge in [0.1, 0.15) is 18.4 Å². The summed E-state index contributed by atoms with van der Waals surface area (Å²) in [5.41, 5.74) is 8.36. The zero-order valence-electron chi connectivity index (χ0n) is 21.1. The first-order valence-corrected chi connectivity index (χ1v) is 13.7. The number of ether oxygens (including phenoxy) is 2. The number of carbonyl (C=O) groups is 2. The van der Waals surface area contributed by atoms with Crippen molar-refractivity contribution in [1.29, 1.82) is 0 Å². The van der Waals surface area contributed by atoms with Crippen molar-refractivity contribution in [2.75, 3.05) is 12.4 Å². The van der Waals surface area contributed by atoms with E-state index in [9.17, 15) is 18.0 Å². The first-order chi connectivity index (χ1) is 18.3. The first-order valence-electron chi connectivity index (χ1n) is 12.2. The van der Waals surface area contributed by atoms with E-state index in [-0.39, 0.29) is 19.4 Å². The average Bonchev–Trinajstić information content (AvgIpc) is 2.90. The lowest BCUT2D eigenvalue weighted by Crippen LogP contribution is -2.58. The summed E-state index contributed by atoms with van der Waals surface area (Å²) < 4.78 is 38.3. The molecule has 0 bridgehead atoms. The summed E-state index contributed by atoms with van der Waals surface area (Å²) in [6.07, 6.45) is 0.800.